The summed E-state index contributed by atoms with van der Waals surface area (Å²) in [6.45, 7) is 7.46. The second-order valence-corrected chi connectivity index (χ2v) is 6.77. The van der Waals surface area contributed by atoms with Gasteiger partial charge in [-0.3, -0.25) is 0 Å². The molecule has 0 aromatic heterocycles. The van der Waals surface area contributed by atoms with Crippen LogP contribution in [0.2, 0.25) is 0 Å². The summed E-state index contributed by atoms with van der Waals surface area (Å²) in [5.74, 6) is 0.710. The van der Waals surface area contributed by atoms with Crippen molar-refractivity contribution in [2.75, 3.05) is 31.6 Å². The van der Waals surface area contributed by atoms with Gasteiger partial charge in [-0.15, -0.1) is 0 Å². The number of benzene rings is 1. The van der Waals surface area contributed by atoms with Crippen molar-refractivity contribution in [1.29, 1.82) is 0 Å². The largest absolute Gasteiger partial charge is 0.372 e. The summed E-state index contributed by atoms with van der Waals surface area (Å²) in [5, 5.41) is 3.52. The van der Waals surface area contributed by atoms with Crippen molar-refractivity contribution >= 4 is 5.69 Å². The van der Waals surface area contributed by atoms with Gasteiger partial charge in [-0.2, -0.15) is 0 Å². The maximum atomic E-state index is 14.0. The molecule has 1 aliphatic carbocycles. The van der Waals surface area contributed by atoms with E-state index in [9.17, 15) is 4.39 Å². The predicted molar refractivity (Wildman–Crippen MR) is 88.3 cm³/mol. The summed E-state index contributed by atoms with van der Waals surface area (Å²) in [7, 11) is 2.02. The summed E-state index contributed by atoms with van der Waals surface area (Å²) < 4.78 is 14.0. The van der Waals surface area contributed by atoms with E-state index >= 15 is 0 Å². The molecule has 0 heterocycles. The topological polar surface area (TPSA) is 15.3 Å². The molecule has 1 fully saturated rings. The Hall–Kier alpha value is -1.09. The number of rotatable bonds is 6. The van der Waals surface area contributed by atoms with Gasteiger partial charge < -0.3 is 10.2 Å². The van der Waals surface area contributed by atoms with Crippen LogP contribution in [-0.2, 0) is 0 Å². The molecule has 0 bridgehead atoms. The van der Waals surface area contributed by atoms with Gasteiger partial charge in [0, 0.05) is 25.6 Å². The molecule has 0 saturated heterocycles. The van der Waals surface area contributed by atoms with Gasteiger partial charge in [0.2, 0.25) is 0 Å². The third kappa shape index (κ3) is 4.19. The molecule has 21 heavy (non-hydrogen) atoms. The van der Waals surface area contributed by atoms with E-state index in [4.69, 9.17) is 0 Å². The standard InChI is InChI=1S/C18H29FN2/c1-4-20-13-18(11-9-15(2)10-12-18)14-21(3)17-8-6-5-7-16(17)19/h5-8,15,20H,4,9-14H2,1-3H3. The van der Waals surface area contributed by atoms with Gasteiger partial charge in [0.1, 0.15) is 5.82 Å². The summed E-state index contributed by atoms with van der Waals surface area (Å²) in [6.07, 6.45) is 5.05. The monoisotopic (exact) mass is 292 g/mol. The van der Waals surface area contributed by atoms with Crippen LogP contribution in [-0.4, -0.2) is 26.7 Å². The molecule has 3 heteroatoms. The van der Waals surface area contributed by atoms with Crippen molar-refractivity contribution in [2.45, 2.75) is 39.5 Å². The van der Waals surface area contributed by atoms with Crippen LogP contribution in [0.5, 0.6) is 0 Å². The highest BCUT2D eigenvalue weighted by molar-refractivity contribution is 5.47. The average molecular weight is 292 g/mol. The van der Waals surface area contributed by atoms with Crippen molar-refractivity contribution < 1.29 is 4.39 Å². The smallest absolute Gasteiger partial charge is 0.146 e. The number of hydrogen-bond acceptors (Lipinski definition) is 2. The quantitative estimate of drug-likeness (QED) is 0.850. The molecule has 1 aromatic carbocycles. The summed E-state index contributed by atoms with van der Waals surface area (Å²) in [4.78, 5) is 2.10. The fraction of sp³-hybridized carbons (Fsp3) is 0.667. The van der Waals surface area contributed by atoms with Crippen molar-refractivity contribution in [1.82, 2.24) is 5.32 Å². The van der Waals surface area contributed by atoms with Gasteiger partial charge >= 0.3 is 0 Å². The number of para-hydroxylation sites is 1. The van der Waals surface area contributed by atoms with E-state index in [1.54, 1.807) is 12.1 Å². The minimum Gasteiger partial charge on any atom is -0.372 e. The van der Waals surface area contributed by atoms with E-state index < -0.39 is 0 Å². The lowest BCUT2D eigenvalue weighted by Crippen LogP contribution is -2.45. The maximum absolute atomic E-state index is 14.0. The molecule has 1 aliphatic rings. The van der Waals surface area contributed by atoms with E-state index in [1.807, 2.05) is 19.2 Å². The summed E-state index contributed by atoms with van der Waals surface area (Å²) in [6, 6.07) is 7.09. The zero-order chi connectivity index (χ0) is 15.3. The third-order valence-electron chi connectivity index (χ3n) is 4.92. The van der Waals surface area contributed by atoms with Gasteiger partial charge in [-0.1, -0.05) is 38.8 Å². The second kappa shape index (κ2) is 7.26. The number of nitrogens with zero attached hydrogens (tertiary/aromatic N) is 1. The Balaban J connectivity index is 2.09. The normalized spacial score (nSPS) is 25.8. The second-order valence-electron chi connectivity index (χ2n) is 6.77. The molecule has 0 atom stereocenters. The van der Waals surface area contributed by atoms with Crippen molar-refractivity contribution in [3.63, 3.8) is 0 Å². The van der Waals surface area contributed by atoms with E-state index in [0.717, 1.165) is 25.6 Å². The first kappa shape index (κ1) is 16.3. The summed E-state index contributed by atoms with van der Waals surface area (Å²) in [5.41, 5.74) is 0.992. The molecule has 1 N–H and O–H groups in total. The Morgan fingerprint density at radius 3 is 2.57 bits per heavy atom. The molecule has 0 radical (unpaired) electrons. The molecular formula is C18H29FN2. The zero-order valence-corrected chi connectivity index (χ0v) is 13.7. The number of halogens is 1. The lowest BCUT2D eigenvalue weighted by atomic mass is 9.70. The highest BCUT2D eigenvalue weighted by Crippen LogP contribution is 2.39. The van der Waals surface area contributed by atoms with E-state index in [2.05, 4.69) is 24.1 Å². The lowest BCUT2D eigenvalue weighted by molar-refractivity contribution is 0.158. The molecule has 0 amide bonds. The fourth-order valence-corrected chi connectivity index (χ4v) is 3.51. The van der Waals surface area contributed by atoms with Crippen LogP contribution >= 0.6 is 0 Å². The zero-order valence-electron chi connectivity index (χ0n) is 13.7. The first-order chi connectivity index (χ1) is 10.1. The minimum absolute atomic E-state index is 0.122. The number of nitrogens with one attached hydrogen (secondary N) is 1. The lowest BCUT2D eigenvalue weighted by Gasteiger charge is -2.42. The van der Waals surface area contributed by atoms with Gasteiger partial charge in [-0.05, 0) is 37.4 Å². The Bertz CT molecular complexity index is 433. The molecule has 0 aliphatic heterocycles. The Morgan fingerprint density at radius 2 is 1.95 bits per heavy atom. The molecule has 0 spiro atoms. The van der Waals surface area contributed by atoms with Gasteiger partial charge in [0.15, 0.2) is 0 Å². The molecule has 118 valence electrons. The van der Waals surface area contributed by atoms with E-state index in [-0.39, 0.29) is 11.2 Å². The first-order valence-electron chi connectivity index (χ1n) is 8.23. The van der Waals surface area contributed by atoms with Crippen LogP contribution < -0.4 is 10.2 Å². The Labute approximate surface area is 128 Å². The van der Waals surface area contributed by atoms with Crippen molar-refractivity contribution in [3.8, 4) is 0 Å². The molecule has 2 rings (SSSR count). The predicted octanol–water partition coefficient (Wildman–Crippen LogP) is 4.07. The van der Waals surface area contributed by atoms with E-state index in [1.165, 1.54) is 25.7 Å². The minimum atomic E-state index is -0.122. The van der Waals surface area contributed by atoms with Gasteiger partial charge in [-0.25, -0.2) is 4.39 Å². The molecule has 2 nitrogen and oxygen atoms in total. The molecule has 0 unspecified atom stereocenters. The Kier molecular flexibility index (Phi) is 5.63. The summed E-state index contributed by atoms with van der Waals surface area (Å²) >= 11 is 0. The Morgan fingerprint density at radius 1 is 1.29 bits per heavy atom. The maximum Gasteiger partial charge on any atom is 0.146 e. The van der Waals surface area contributed by atoms with E-state index in [0.29, 0.717) is 5.69 Å². The van der Waals surface area contributed by atoms with Crippen LogP contribution in [0.1, 0.15) is 39.5 Å². The van der Waals surface area contributed by atoms with Crippen molar-refractivity contribution in [2.24, 2.45) is 11.3 Å². The highest BCUT2D eigenvalue weighted by atomic mass is 19.1. The SMILES string of the molecule is CCNCC1(CN(C)c2ccccc2F)CCC(C)CC1. The van der Waals surface area contributed by atoms with Crippen molar-refractivity contribution in [3.05, 3.63) is 30.1 Å². The van der Waals surface area contributed by atoms with Crippen LogP contribution in [0.4, 0.5) is 10.1 Å². The number of anilines is 1. The molecule has 1 aromatic rings. The highest BCUT2D eigenvalue weighted by Gasteiger charge is 2.35. The number of hydrogen-bond donors (Lipinski definition) is 1. The average Bonchev–Trinajstić information content (AvgIpc) is 2.48. The fourth-order valence-electron chi connectivity index (χ4n) is 3.51. The molecule has 1 saturated carbocycles. The third-order valence-corrected chi connectivity index (χ3v) is 4.92. The van der Waals surface area contributed by atoms with Gasteiger partial charge in [0.25, 0.3) is 0 Å². The molecular weight excluding hydrogens is 263 g/mol. The first-order valence-corrected chi connectivity index (χ1v) is 8.23. The van der Waals surface area contributed by atoms with Crippen LogP contribution in [0.3, 0.4) is 0 Å². The van der Waals surface area contributed by atoms with Crippen LogP contribution in [0.15, 0.2) is 24.3 Å². The van der Waals surface area contributed by atoms with Gasteiger partial charge in [0.05, 0.1) is 5.69 Å². The van der Waals surface area contributed by atoms with Crippen LogP contribution in [0, 0.1) is 17.2 Å². The van der Waals surface area contributed by atoms with Crippen LogP contribution in [0.25, 0.3) is 0 Å².